The van der Waals surface area contributed by atoms with Crippen molar-refractivity contribution in [2.24, 2.45) is 17.8 Å². The van der Waals surface area contributed by atoms with Crippen molar-refractivity contribution in [2.45, 2.75) is 93.0 Å². The van der Waals surface area contributed by atoms with Gasteiger partial charge in [-0.25, -0.2) is 18.1 Å². The van der Waals surface area contributed by atoms with Crippen LogP contribution in [0.1, 0.15) is 74.6 Å². The van der Waals surface area contributed by atoms with Crippen molar-refractivity contribution >= 4 is 15.9 Å². The first-order valence-corrected chi connectivity index (χ1v) is 15.9. The van der Waals surface area contributed by atoms with Gasteiger partial charge in [-0.3, -0.25) is 4.79 Å². The summed E-state index contributed by atoms with van der Waals surface area (Å²) in [6.45, 7) is 0. The lowest BCUT2D eigenvalue weighted by Crippen LogP contribution is -2.43. The minimum Gasteiger partial charge on any atom is -0.490 e. The zero-order valence-corrected chi connectivity index (χ0v) is 23.4. The van der Waals surface area contributed by atoms with Crippen LogP contribution in [0.4, 0.5) is 0 Å². The molecule has 0 radical (unpaired) electrons. The second kappa shape index (κ2) is 10.5. The third kappa shape index (κ3) is 5.58. The second-order valence-corrected chi connectivity index (χ2v) is 14.0. The molecule has 4 aliphatic rings. The number of hydrogen-bond donors (Lipinski definition) is 2. The molecule has 0 spiro atoms. The number of nitrogens with zero attached hydrogens (tertiary/aromatic N) is 2. The topological polar surface area (TPSA) is 109 Å². The van der Waals surface area contributed by atoms with Crippen LogP contribution in [0.15, 0.2) is 53.7 Å². The molecule has 3 bridgehead atoms. The Hall–Kier alpha value is -2.49. The van der Waals surface area contributed by atoms with Gasteiger partial charge in [-0.2, -0.15) is 0 Å². The maximum atomic E-state index is 13.4. The van der Waals surface area contributed by atoms with Crippen LogP contribution in [-0.4, -0.2) is 60.2 Å². The molecule has 8 nitrogen and oxygen atoms in total. The SMILES string of the molecule is CN(C(=O)c1ccc(OC2CCC(NS(=O)(=O)c3ccccn3)CC2)cc1)C1CCC2CC3CC(O)(C2)CC31. The Balaban J connectivity index is 1.02. The van der Waals surface area contributed by atoms with Gasteiger partial charge in [-0.1, -0.05) is 6.07 Å². The summed E-state index contributed by atoms with van der Waals surface area (Å²) >= 11 is 0. The molecule has 6 rings (SSSR count). The van der Waals surface area contributed by atoms with Crippen molar-refractivity contribution in [1.29, 1.82) is 0 Å². The van der Waals surface area contributed by atoms with Gasteiger partial charge < -0.3 is 14.7 Å². The molecule has 2 N–H and O–H groups in total. The van der Waals surface area contributed by atoms with Crippen molar-refractivity contribution in [1.82, 2.24) is 14.6 Å². The van der Waals surface area contributed by atoms with E-state index >= 15 is 0 Å². The fourth-order valence-corrected chi connectivity index (χ4v) is 9.13. The molecule has 4 saturated carbocycles. The number of sulfonamides is 1. The lowest BCUT2D eigenvalue weighted by Gasteiger charge is -2.36. The Morgan fingerprint density at radius 1 is 1.03 bits per heavy atom. The highest BCUT2D eigenvalue weighted by Crippen LogP contribution is 2.56. The van der Waals surface area contributed by atoms with Crippen LogP contribution in [0, 0.1) is 17.8 Å². The maximum Gasteiger partial charge on any atom is 0.258 e. The highest BCUT2D eigenvalue weighted by Gasteiger charge is 2.54. The predicted octanol–water partition coefficient (Wildman–Crippen LogP) is 4.15. The molecule has 1 amide bonds. The number of benzene rings is 1. The van der Waals surface area contributed by atoms with Crippen LogP contribution < -0.4 is 9.46 Å². The summed E-state index contributed by atoms with van der Waals surface area (Å²) in [5, 5.41) is 11.1. The fraction of sp³-hybridized carbons (Fsp3) is 0.600. The van der Waals surface area contributed by atoms with Crippen LogP contribution in [-0.2, 0) is 10.0 Å². The summed E-state index contributed by atoms with van der Waals surface area (Å²) in [7, 11) is -1.70. The van der Waals surface area contributed by atoms with E-state index in [1.807, 2.05) is 36.2 Å². The fourth-order valence-electron chi connectivity index (χ4n) is 7.88. The van der Waals surface area contributed by atoms with E-state index in [0.29, 0.717) is 36.2 Å². The Morgan fingerprint density at radius 3 is 2.51 bits per heavy atom. The van der Waals surface area contributed by atoms with Crippen molar-refractivity contribution < 1.29 is 23.1 Å². The van der Waals surface area contributed by atoms with Gasteiger partial charge in [0.05, 0.1) is 11.7 Å². The molecule has 4 aliphatic carbocycles. The van der Waals surface area contributed by atoms with E-state index in [-0.39, 0.29) is 29.1 Å². The normalized spacial score (nSPS) is 33.9. The molecule has 0 saturated heterocycles. The highest BCUT2D eigenvalue weighted by atomic mass is 32.2. The lowest BCUT2D eigenvalue weighted by atomic mass is 9.77. The molecule has 5 atom stereocenters. The molecule has 39 heavy (non-hydrogen) atoms. The third-order valence-corrected chi connectivity index (χ3v) is 11.1. The van der Waals surface area contributed by atoms with Gasteiger partial charge in [-0.05, 0) is 118 Å². The van der Waals surface area contributed by atoms with Gasteiger partial charge in [0.2, 0.25) is 0 Å². The van der Waals surface area contributed by atoms with Crippen LogP contribution in [0.2, 0.25) is 0 Å². The Labute approximate surface area is 231 Å². The monoisotopic (exact) mass is 553 g/mol. The van der Waals surface area contributed by atoms with Crippen LogP contribution in [0.25, 0.3) is 0 Å². The first-order valence-electron chi connectivity index (χ1n) is 14.4. The highest BCUT2D eigenvalue weighted by molar-refractivity contribution is 7.89. The van der Waals surface area contributed by atoms with Gasteiger partial charge in [0, 0.05) is 30.9 Å². The number of amides is 1. The van der Waals surface area contributed by atoms with E-state index < -0.39 is 15.6 Å². The number of carbonyl (C=O) groups excluding carboxylic acids is 1. The summed E-state index contributed by atoms with van der Waals surface area (Å²) in [6, 6.07) is 12.3. The van der Waals surface area contributed by atoms with E-state index in [4.69, 9.17) is 4.74 Å². The zero-order valence-electron chi connectivity index (χ0n) is 22.5. The molecular weight excluding hydrogens is 514 g/mol. The van der Waals surface area contributed by atoms with Gasteiger partial charge in [0.15, 0.2) is 5.03 Å². The van der Waals surface area contributed by atoms with E-state index in [1.165, 1.54) is 18.7 Å². The number of aliphatic hydroxyl groups is 1. The zero-order chi connectivity index (χ0) is 27.2. The van der Waals surface area contributed by atoms with Gasteiger partial charge >= 0.3 is 0 Å². The number of rotatable bonds is 7. The number of aromatic nitrogens is 1. The lowest BCUT2D eigenvalue weighted by molar-refractivity contribution is -0.00803. The molecule has 0 aliphatic heterocycles. The van der Waals surface area contributed by atoms with Crippen molar-refractivity contribution in [2.75, 3.05) is 7.05 Å². The molecular formula is C30H39N3O5S. The summed E-state index contributed by atoms with van der Waals surface area (Å²) in [6.07, 6.45) is 10.3. The molecule has 4 fully saturated rings. The number of carbonyl (C=O) groups is 1. The number of hydrogen-bond acceptors (Lipinski definition) is 6. The minimum absolute atomic E-state index is 0.00681. The first-order chi connectivity index (χ1) is 18.7. The molecule has 5 unspecified atom stereocenters. The largest absolute Gasteiger partial charge is 0.490 e. The minimum atomic E-state index is -3.63. The Bertz CT molecular complexity index is 1280. The molecule has 1 heterocycles. The Kier molecular flexibility index (Phi) is 7.18. The molecule has 210 valence electrons. The molecule has 2 aromatic rings. The molecule has 1 aromatic heterocycles. The number of nitrogens with one attached hydrogen (secondary N) is 1. The van der Waals surface area contributed by atoms with Crippen LogP contribution in [0.3, 0.4) is 0 Å². The summed E-state index contributed by atoms with van der Waals surface area (Å²) in [4.78, 5) is 19.3. The summed E-state index contributed by atoms with van der Waals surface area (Å²) in [5.41, 5.74) is 0.141. The van der Waals surface area contributed by atoms with Gasteiger partial charge in [-0.15, -0.1) is 0 Å². The average molecular weight is 554 g/mol. The van der Waals surface area contributed by atoms with E-state index in [2.05, 4.69) is 9.71 Å². The van der Waals surface area contributed by atoms with Gasteiger partial charge in [0.1, 0.15) is 5.75 Å². The average Bonchev–Trinajstić information content (AvgIpc) is 3.09. The number of fused-ring (bicyclic) bond motifs is 2. The van der Waals surface area contributed by atoms with E-state index in [9.17, 15) is 18.3 Å². The third-order valence-electron chi connectivity index (χ3n) is 9.66. The van der Waals surface area contributed by atoms with Crippen LogP contribution in [0.5, 0.6) is 5.75 Å². The summed E-state index contributed by atoms with van der Waals surface area (Å²) < 4.78 is 34.1. The molecule has 9 heteroatoms. The van der Waals surface area contributed by atoms with E-state index in [1.54, 1.807) is 12.1 Å². The maximum absolute atomic E-state index is 13.4. The number of ether oxygens (including phenoxy) is 1. The van der Waals surface area contributed by atoms with Gasteiger partial charge in [0.25, 0.3) is 15.9 Å². The Morgan fingerprint density at radius 2 is 1.79 bits per heavy atom. The smallest absolute Gasteiger partial charge is 0.258 e. The van der Waals surface area contributed by atoms with Crippen molar-refractivity contribution in [3.8, 4) is 5.75 Å². The van der Waals surface area contributed by atoms with Crippen LogP contribution >= 0.6 is 0 Å². The molecule has 1 aromatic carbocycles. The van der Waals surface area contributed by atoms with Crippen molar-refractivity contribution in [3.63, 3.8) is 0 Å². The standard InChI is InChI=1S/C30H39N3O5S/c1-33(27-14-5-20-16-22-18-30(35,17-20)19-26(22)27)29(34)21-6-10-24(11-7-21)38-25-12-8-23(9-13-25)32-39(36,37)28-4-2-3-15-31-28/h2-4,6-7,10-11,15,20,22-23,25-27,32,35H,5,8-9,12-14,16-19H2,1H3. The quantitative estimate of drug-likeness (QED) is 0.533. The van der Waals surface area contributed by atoms with E-state index in [0.717, 1.165) is 50.7 Å². The first kappa shape index (κ1) is 26.7. The second-order valence-electron chi connectivity index (χ2n) is 12.3. The van der Waals surface area contributed by atoms with Crippen molar-refractivity contribution in [3.05, 3.63) is 54.2 Å². The number of pyridine rings is 1. The summed E-state index contributed by atoms with van der Waals surface area (Å²) in [5.74, 6) is 2.27. The predicted molar refractivity (Wildman–Crippen MR) is 147 cm³/mol.